The van der Waals surface area contributed by atoms with Crippen molar-refractivity contribution in [1.82, 2.24) is 10.2 Å². The zero-order chi connectivity index (χ0) is 27.4. The minimum atomic E-state index is -3.14. The fourth-order valence-electron chi connectivity index (χ4n) is 2.78. The number of piperidine rings is 1. The number of aliphatic carboxylic acids is 4. The van der Waals surface area contributed by atoms with E-state index in [9.17, 15) is 27.6 Å². The summed E-state index contributed by atoms with van der Waals surface area (Å²) in [6, 6.07) is 8.66. The summed E-state index contributed by atoms with van der Waals surface area (Å²) in [6.45, 7) is 4.77. The van der Waals surface area contributed by atoms with Gasteiger partial charge in [-0.1, -0.05) is 24.6 Å². The molecule has 1 fully saturated rings. The number of carboxylic acids is 4. The average Bonchev–Trinajstić information content (AvgIpc) is 2.83. The largest absolute Gasteiger partial charge is 0.478 e. The number of sulfone groups is 1. The van der Waals surface area contributed by atoms with Crippen molar-refractivity contribution in [2.75, 3.05) is 38.5 Å². The lowest BCUT2D eigenvalue weighted by Gasteiger charge is -2.26. The van der Waals surface area contributed by atoms with E-state index in [4.69, 9.17) is 20.4 Å². The highest BCUT2D eigenvalue weighted by atomic mass is 32.2. The lowest BCUT2D eigenvalue weighted by molar-refractivity contribution is -0.134. The minimum absolute atomic E-state index is 0.164. The van der Waals surface area contributed by atoms with E-state index in [0.717, 1.165) is 13.1 Å². The second-order valence-electron chi connectivity index (χ2n) is 7.30. The molecule has 36 heavy (non-hydrogen) atoms. The van der Waals surface area contributed by atoms with E-state index in [2.05, 4.69) is 10.2 Å². The molecule has 200 valence electrons. The van der Waals surface area contributed by atoms with Crippen LogP contribution in [0.3, 0.4) is 0 Å². The van der Waals surface area contributed by atoms with Gasteiger partial charge in [0.2, 0.25) is 0 Å². The lowest BCUT2D eigenvalue weighted by atomic mass is 10.1. The van der Waals surface area contributed by atoms with Gasteiger partial charge in [0, 0.05) is 43.9 Å². The molecule has 2 rings (SSSR count). The van der Waals surface area contributed by atoms with Gasteiger partial charge in [-0.25, -0.2) is 27.6 Å². The van der Waals surface area contributed by atoms with E-state index in [1.807, 2.05) is 6.07 Å². The lowest BCUT2D eigenvalue weighted by Crippen LogP contribution is -2.36. The summed E-state index contributed by atoms with van der Waals surface area (Å²) in [7, 11) is -3.14. The average molecular weight is 529 g/mol. The Morgan fingerprint density at radius 2 is 1.19 bits per heavy atom. The number of hydrogen-bond acceptors (Lipinski definition) is 8. The van der Waals surface area contributed by atoms with Gasteiger partial charge in [-0.15, -0.1) is 0 Å². The van der Waals surface area contributed by atoms with Crippen LogP contribution in [0.2, 0.25) is 0 Å². The molecule has 1 heterocycles. The second-order valence-corrected chi connectivity index (χ2v) is 9.41. The number of nitrogens with zero attached hydrogens (tertiary/aromatic N) is 1. The van der Waals surface area contributed by atoms with Gasteiger partial charge in [0.1, 0.15) is 0 Å². The third-order valence-corrected chi connectivity index (χ3v) is 6.17. The molecule has 0 bridgehead atoms. The first-order valence-corrected chi connectivity index (χ1v) is 12.6. The van der Waals surface area contributed by atoms with E-state index in [1.165, 1.54) is 32.4 Å². The van der Waals surface area contributed by atoms with E-state index >= 15 is 0 Å². The SMILES string of the molecule is O=C(O)C=CC(=O)O.O=C(O)C=CC(=O)O.O=S(=O)(CCNCCN1CCCCC1)c1ccccc1. The summed E-state index contributed by atoms with van der Waals surface area (Å²) in [4.78, 5) is 41.1. The molecule has 12 nitrogen and oxygen atoms in total. The zero-order valence-corrected chi connectivity index (χ0v) is 20.5. The van der Waals surface area contributed by atoms with Gasteiger partial charge in [-0.3, -0.25) is 0 Å². The van der Waals surface area contributed by atoms with Crippen LogP contribution >= 0.6 is 0 Å². The number of nitrogens with one attached hydrogen (secondary N) is 1. The Hall–Kier alpha value is -3.55. The topological polar surface area (TPSA) is 199 Å². The molecule has 0 amide bonds. The van der Waals surface area contributed by atoms with Gasteiger partial charge in [-0.05, 0) is 38.1 Å². The maximum Gasteiger partial charge on any atom is 0.328 e. The van der Waals surface area contributed by atoms with Crippen molar-refractivity contribution in [2.24, 2.45) is 0 Å². The summed E-state index contributed by atoms with van der Waals surface area (Å²) >= 11 is 0. The highest BCUT2D eigenvalue weighted by molar-refractivity contribution is 7.91. The maximum absolute atomic E-state index is 12.0. The van der Waals surface area contributed by atoms with Crippen LogP contribution in [0.1, 0.15) is 19.3 Å². The fourth-order valence-corrected chi connectivity index (χ4v) is 4.00. The van der Waals surface area contributed by atoms with Crippen LogP contribution in [-0.4, -0.2) is 96.1 Å². The first-order valence-electron chi connectivity index (χ1n) is 10.9. The molecule has 0 saturated carbocycles. The van der Waals surface area contributed by atoms with Gasteiger partial charge in [0.15, 0.2) is 9.84 Å². The number of carbonyl (C=O) groups is 4. The molecule has 13 heteroatoms. The van der Waals surface area contributed by atoms with Gasteiger partial charge in [0.25, 0.3) is 0 Å². The Bertz CT molecular complexity index is 919. The first kappa shape index (κ1) is 32.5. The number of hydrogen-bond donors (Lipinski definition) is 5. The number of likely N-dealkylation sites (tertiary alicyclic amines) is 1. The van der Waals surface area contributed by atoms with Gasteiger partial charge in [-0.2, -0.15) is 0 Å². The summed E-state index contributed by atoms with van der Waals surface area (Å²) in [5.41, 5.74) is 0. The summed E-state index contributed by atoms with van der Waals surface area (Å²) in [5.74, 6) is -4.86. The Morgan fingerprint density at radius 1 is 0.750 bits per heavy atom. The van der Waals surface area contributed by atoms with Crippen molar-refractivity contribution in [3.05, 3.63) is 54.6 Å². The highest BCUT2D eigenvalue weighted by Crippen LogP contribution is 2.09. The van der Waals surface area contributed by atoms with Gasteiger partial charge >= 0.3 is 23.9 Å². The minimum Gasteiger partial charge on any atom is -0.478 e. The quantitative estimate of drug-likeness (QED) is 0.202. The standard InChI is InChI=1S/C15H24N2O2S.2C4H4O4/c18-20(19,15-7-3-1-4-8-15)14-10-16-9-13-17-11-5-2-6-12-17;2*5-3(6)1-2-4(7)8/h1,3-4,7-8,16H,2,5-6,9-14H2;2*1-2H,(H,5,6)(H,7,8). The highest BCUT2D eigenvalue weighted by Gasteiger charge is 2.13. The molecule has 1 aliphatic rings. The number of benzene rings is 1. The molecule has 0 unspecified atom stereocenters. The maximum atomic E-state index is 12.0. The van der Waals surface area contributed by atoms with Crippen LogP contribution in [0.15, 0.2) is 59.5 Å². The van der Waals surface area contributed by atoms with Crippen molar-refractivity contribution >= 4 is 33.7 Å². The fraction of sp³-hybridized carbons (Fsp3) is 0.391. The van der Waals surface area contributed by atoms with Gasteiger partial charge in [0.05, 0.1) is 10.6 Å². The Labute approximate surface area is 209 Å². The van der Waals surface area contributed by atoms with Crippen LogP contribution in [0.5, 0.6) is 0 Å². The molecule has 0 spiro atoms. The van der Waals surface area contributed by atoms with Crippen molar-refractivity contribution in [3.8, 4) is 0 Å². The van der Waals surface area contributed by atoms with E-state index in [1.54, 1.807) is 24.3 Å². The molecule has 0 atom stereocenters. The predicted octanol–water partition coefficient (Wildman–Crippen LogP) is 0.959. The molecule has 1 aromatic rings. The molecular weight excluding hydrogens is 496 g/mol. The summed E-state index contributed by atoms with van der Waals surface area (Å²) in [6.07, 6.45) is 6.17. The monoisotopic (exact) mass is 528 g/mol. The third-order valence-electron chi connectivity index (χ3n) is 4.44. The smallest absolute Gasteiger partial charge is 0.328 e. The predicted molar refractivity (Wildman–Crippen MR) is 130 cm³/mol. The number of carboxylic acid groups (broad SMARTS) is 4. The first-order chi connectivity index (χ1) is 16.9. The van der Waals surface area contributed by atoms with Crippen molar-refractivity contribution in [1.29, 1.82) is 0 Å². The summed E-state index contributed by atoms with van der Waals surface area (Å²) in [5, 5.41) is 34.5. The normalized spacial score (nSPS) is 13.8. The Balaban J connectivity index is 0.000000634. The van der Waals surface area contributed by atoms with Gasteiger partial charge < -0.3 is 30.6 Å². The van der Waals surface area contributed by atoms with Crippen LogP contribution in [-0.2, 0) is 29.0 Å². The molecule has 1 aliphatic heterocycles. The molecule has 0 radical (unpaired) electrons. The zero-order valence-electron chi connectivity index (χ0n) is 19.7. The van der Waals surface area contributed by atoms with E-state index in [-0.39, 0.29) is 5.75 Å². The third kappa shape index (κ3) is 18.8. The Morgan fingerprint density at radius 3 is 1.61 bits per heavy atom. The molecule has 1 saturated heterocycles. The van der Waals surface area contributed by atoms with E-state index < -0.39 is 33.7 Å². The molecule has 0 aliphatic carbocycles. The second kappa shape index (κ2) is 18.7. The van der Waals surface area contributed by atoms with Crippen LogP contribution in [0.4, 0.5) is 0 Å². The van der Waals surface area contributed by atoms with E-state index in [0.29, 0.717) is 35.7 Å². The molecule has 5 N–H and O–H groups in total. The van der Waals surface area contributed by atoms with Crippen LogP contribution in [0, 0.1) is 0 Å². The molecule has 1 aromatic carbocycles. The summed E-state index contributed by atoms with van der Waals surface area (Å²) < 4.78 is 24.1. The Kier molecular flexibility index (Phi) is 16.9. The van der Waals surface area contributed by atoms with Crippen molar-refractivity contribution < 1.29 is 48.0 Å². The van der Waals surface area contributed by atoms with Crippen LogP contribution in [0.25, 0.3) is 0 Å². The number of rotatable bonds is 11. The molecule has 0 aromatic heterocycles. The van der Waals surface area contributed by atoms with Crippen molar-refractivity contribution in [3.63, 3.8) is 0 Å². The molecular formula is C23H32N2O10S. The van der Waals surface area contributed by atoms with Crippen LogP contribution < -0.4 is 5.32 Å². The van der Waals surface area contributed by atoms with Crippen molar-refractivity contribution in [2.45, 2.75) is 24.2 Å².